The van der Waals surface area contributed by atoms with Crippen molar-refractivity contribution in [1.82, 2.24) is 5.32 Å². The fourth-order valence-corrected chi connectivity index (χ4v) is 3.05. The number of carbonyl (C=O) groups excluding carboxylic acids is 3. The van der Waals surface area contributed by atoms with E-state index in [2.05, 4.69) is 26.3 Å². The monoisotopic (exact) mass is 463 g/mol. The van der Waals surface area contributed by atoms with Crippen LogP contribution in [0.25, 0.3) is 0 Å². The highest BCUT2D eigenvalue weighted by molar-refractivity contribution is 5.97. The Morgan fingerprint density at radius 3 is 2.35 bits per heavy atom. The molecular formula is C24H29N7O3. The zero-order valence-electron chi connectivity index (χ0n) is 19.2. The highest BCUT2D eigenvalue weighted by Crippen LogP contribution is 2.29. The van der Waals surface area contributed by atoms with E-state index in [-0.39, 0.29) is 18.2 Å². The molecule has 2 aromatic carbocycles. The summed E-state index contributed by atoms with van der Waals surface area (Å²) in [4.78, 5) is 39.9. The van der Waals surface area contributed by atoms with Crippen molar-refractivity contribution >= 4 is 46.9 Å². The summed E-state index contributed by atoms with van der Waals surface area (Å²) >= 11 is 0. The van der Waals surface area contributed by atoms with Crippen molar-refractivity contribution in [2.45, 2.75) is 33.1 Å². The van der Waals surface area contributed by atoms with Gasteiger partial charge >= 0.3 is 6.03 Å². The van der Waals surface area contributed by atoms with Crippen LogP contribution in [0.1, 0.15) is 38.7 Å². The minimum Gasteiger partial charge on any atom is -0.383 e. The SMILES string of the molecule is CCC(CC)C(=O)Nc1ccc(NCCC(N)=O)c(N=CNC(=O)Nc2ccc(C#N)cc2)c1. The second-order valence-corrected chi connectivity index (χ2v) is 7.42. The molecule has 10 heteroatoms. The van der Waals surface area contributed by atoms with Gasteiger partial charge in [0.1, 0.15) is 0 Å². The zero-order chi connectivity index (χ0) is 24.9. The van der Waals surface area contributed by atoms with Crippen molar-refractivity contribution in [1.29, 1.82) is 5.26 Å². The molecule has 4 amide bonds. The Bertz CT molecular complexity index is 1070. The van der Waals surface area contributed by atoms with Crippen molar-refractivity contribution in [3.63, 3.8) is 0 Å². The van der Waals surface area contributed by atoms with E-state index >= 15 is 0 Å². The number of nitrogens with two attached hydrogens (primary N) is 1. The van der Waals surface area contributed by atoms with E-state index in [1.54, 1.807) is 42.5 Å². The lowest BCUT2D eigenvalue weighted by atomic mass is 10.0. The molecular weight excluding hydrogens is 434 g/mol. The molecule has 0 bridgehead atoms. The summed E-state index contributed by atoms with van der Waals surface area (Å²) in [6, 6.07) is 13.0. The van der Waals surface area contributed by atoms with Crippen LogP contribution in [-0.2, 0) is 9.59 Å². The van der Waals surface area contributed by atoms with E-state index in [1.807, 2.05) is 19.9 Å². The third kappa shape index (κ3) is 8.27. The van der Waals surface area contributed by atoms with Crippen molar-refractivity contribution in [3.05, 3.63) is 48.0 Å². The third-order valence-electron chi connectivity index (χ3n) is 4.98. The molecule has 0 fully saturated rings. The Hall–Kier alpha value is -4.39. The number of hydrogen-bond donors (Lipinski definition) is 5. The number of hydrogen-bond acceptors (Lipinski definition) is 6. The van der Waals surface area contributed by atoms with Gasteiger partial charge in [0.15, 0.2) is 0 Å². The molecule has 34 heavy (non-hydrogen) atoms. The number of nitrogens with one attached hydrogen (secondary N) is 4. The first-order valence-corrected chi connectivity index (χ1v) is 10.9. The number of urea groups is 1. The van der Waals surface area contributed by atoms with E-state index < -0.39 is 11.9 Å². The normalized spacial score (nSPS) is 10.5. The lowest BCUT2D eigenvalue weighted by Crippen LogP contribution is -2.27. The van der Waals surface area contributed by atoms with E-state index in [9.17, 15) is 14.4 Å². The lowest BCUT2D eigenvalue weighted by Gasteiger charge is -2.15. The van der Waals surface area contributed by atoms with Crippen molar-refractivity contribution < 1.29 is 14.4 Å². The van der Waals surface area contributed by atoms with Gasteiger partial charge in [-0.25, -0.2) is 9.79 Å². The molecule has 0 saturated heterocycles. The maximum atomic E-state index is 12.4. The zero-order valence-corrected chi connectivity index (χ0v) is 19.2. The summed E-state index contributed by atoms with van der Waals surface area (Å²) in [7, 11) is 0. The van der Waals surface area contributed by atoms with Gasteiger partial charge in [0.05, 0.1) is 29.3 Å². The number of rotatable bonds is 11. The average Bonchev–Trinajstić information content (AvgIpc) is 2.81. The number of amides is 4. The largest absolute Gasteiger partial charge is 0.383 e. The molecule has 6 N–H and O–H groups in total. The minimum absolute atomic E-state index is 0.0747. The summed E-state index contributed by atoms with van der Waals surface area (Å²) in [6.07, 6.45) is 2.83. The summed E-state index contributed by atoms with van der Waals surface area (Å²) in [6.45, 7) is 4.23. The molecule has 0 heterocycles. The van der Waals surface area contributed by atoms with Gasteiger partial charge in [-0.15, -0.1) is 0 Å². The maximum Gasteiger partial charge on any atom is 0.324 e. The van der Waals surface area contributed by atoms with Crippen LogP contribution in [0, 0.1) is 17.2 Å². The average molecular weight is 464 g/mol. The first-order chi connectivity index (χ1) is 16.4. The van der Waals surface area contributed by atoms with Crippen LogP contribution in [0.2, 0.25) is 0 Å². The summed E-state index contributed by atoms with van der Waals surface area (Å²) in [5.74, 6) is -0.602. The van der Waals surface area contributed by atoms with Crippen molar-refractivity contribution in [2.24, 2.45) is 16.6 Å². The van der Waals surface area contributed by atoms with Crippen molar-refractivity contribution in [3.8, 4) is 6.07 Å². The molecule has 10 nitrogen and oxygen atoms in total. The molecule has 178 valence electrons. The van der Waals surface area contributed by atoms with Gasteiger partial charge in [0, 0.05) is 30.3 Å². The van der Waals surface area contributed by atoms with Gasteiger partial charge in [-0.1, -0.05) is 13.8 Å². The number of aliphatic imine (C=N–C) groups is 1. The Kier molecular flexibility index (Phi) is 10.1. The predicted octanol–water partition coefficient (Wildman–Crippen LogP) is 3.70. The van der Waals surface area contributed by atoms with E-state index in [1.165, 1.54) is 6.34 Å². The molecule has 0 aliphatic carbocycles. The van der Waals surface area contributed by atoms with Gasteiger partial charge in [-0.3, -0.25) is 14.9 Å². The van der Waals surface area contributed by atoms with Crippen LogP contribution in [0.3, 0.4) is 0 Å². The van der Waals surface area contributed by atoms with Crippen LogP contribution < -0.4 is 27.0 Å². The molecule has 0 atom stereocenters. The predicted molar refractivity (Wildman–Crippen MR) is 133 cm³/mol. The molecule has 0 aliphatic heterocycles. The second-order valence-electron chi connectivity index (χ2n) is 7.42. The molecule has 0 saturated carbocycles. The molecule has 0 spiro atoms. The van der Waals surface area contributed by atoms with Gasteiger partial charge in [-0.2, -0.15) is 5.26 Å². The summed E-state index contributed by atoms with van der Waals surface area (Å²) < 4.78 is 0. The Morgan fingerprint density at radius 1 is 1.06 bits per heavy atom. The van der Waals surface area contributed by atoms with Crippen LogP contribution in [0.15, 0.2) is 47.5 Å². The number of primary amides is 1. The quantitative estimate of drug-likeness (QED) is 0.253. The highest BCUT2D eigenvalue weighted by atomic mass is 16.2. The summed E-state index contributed by atoms with van der Waals surface area (Å²) in [5, 5.41) is 19.9. The lowest BCUT2D eigenvalue weighted by molar-refractivity contribution is -0.120. The van der Waals surface area contributed by atoms with Crippen LogP contribution in [0.4, 0.5) is 27.5 Å². The molecule has 2 aromatic rings. The number of anilines is 3. The number of nitrogens with zero attached hydrogens (tertiary/aromatic N) is 2. The maximum absolute atomic E-state index is 12.4. The first kappa shape index (κ1) is 25.9. The Morgan fingerprint density at radius 2 is 1.74 bits per heavy atom. The van der Waals surface area contributed by atoms with Gasteiger partial charge < -0.3 is 21.7 Å². The molecule has 0 aromatic heterocycles. The van der Waals surface area contributed by atoms with Crippen molar-refractivity contribution in [2.75, 3.05) is 22.5 Å². The van der Waals surface area contributed by atoms with E-state index in [0.29, 0.717) is 34.9 Å². The molecule has 0 radical (unpaired) electrons. The summed E-state index contributed by atoms with van der Waals surface area (Å²) in [5.41, 5.74) is 7.81. The number of carbonyl (C=O) groups is 3. The van der Waals surface area contributed by atoms with E-state index in [0.717, 1.165) is 12.8 Å². The third-order valence-corrected chi connectivity index (χ3v) is 4.98. The van der Waals surface area contributed by atoms with Crippen LogP contribution in [-0.4, -0.2) is 30.7 Å². The molecule has 0 unspecified atom stereocenters. The highest BCUT2D eigenvalue weighted by Gasteiger charge is 2.15. The van der Waals surface area contributed by atoms with Gasteiger partial charge in [0.2, 0.25) is 11.8 Å². The number of benzene rings is 2. The Labute approximate surface area is 198 Å². The number of nitriles is 1. The standard InChI is InChI=1S/C24H29N7O3/c1-3-17(4-2)23(33)30-19-9-10-20(27-12-11-22(26)32)21(13-19)28-15-29-24(34)31-18-7-5-16(14-25)6-8-18/h5-10,13,15,17,27H,3-4,11-12H2,1-2H3,(H2,26,32)(H,30,33)(H2,28,29,31,34). The van der Waals surface area contributed by atoms with Gasteiger partial charge in [-0.05, 0) is 55.3 Å². The molecule has 2 rings (SSSR count). The molecule has 0 aliphatic rings. The topological polar surface area (TPSA) is 162 Å². The first-order valence-electron chi connectivity index (χ1n) is 10.9. The smallest absolute Gasteiger partial charge is 0.324 e. The second kappa shape index (κ2) is 13.2. The Balaban J connectivity index is 2.11. The van der Waals surface area contributed by atoms with Gasteiger partial charge in [0.25, 0.3) is 0 Å². The van der Waals surface area contributed by atoms with Crippen LogP contribution >= 0.6 is 0 Å². The minimum atomic E-state index is -0.519. The van der Waals surface area contributed by atoms with E-state index in [4.69, 9.17) is 11.0 Å². The fraction of sp³-hybridized carbons (Fsp3) is 0.292. The fourth-order valence-electron chi connectivity index (χ4n) is 3.05. The van der Waals surface area contributed by atoms with Crippen LogP contribution in [0.5, 0.6) is 0 Å².